The van der Waals surface area contributed by atoms with Gasteiger partial charge in [0.1, 0.15) is 5.92 Å². The number of amides is 1. The van der Waals surface area contributed by atoms with Gasteiger partial charge < -0.3 is 10.5 Å². The molecule has 0 heterocycles. The Balaban J connectivity index is 3.03. The van der Waals surface area contributed by atoms with Crippen molar-refractivity contribution in [2.75, 3.05) is 7.11 Å². The van der Waals surface area contributed by atoms with Gasteiger partial charge in [-0.05, 0) is 5.92 Å². The highest BCUT2D eigenvalue weighted by atomic mass is 16.5. The molecule has 0 spiro atoms. The molecule has 1 aliphatic carbocycles. The lowest BCUT2D eigenvalue weighted by Crippen LogP contribution is -2.49. The minimum Gasteiger partial charge on any atom is -0.468 e. The quantitative estimate of drug-likeness (QED) is 0.484. The van der Waals surface area contributed by atoms with E-state index < -0.39 is 41.2 Å². The number of Topliss-reactive ketones (excluding diaryl/α,β-unsaturated/α-hetero) is 2. The lowest BCUT2D eigenvalue weighted by atomic mass is 9.73. The van der Waals surface area contributed by atoms with Crippen LogP contribution in [-0.2, 0) is 23.9 Å². The number of hydrogen-bond acceptors (Lipinski definition) is 5. The number of carbonyl (C=O) groups excluding carboxylic acids is 4. The van der Waals surface area contributed by atoms with Crippen molar-refractivity contribution < 1.29 is 23.9 Å². The highest BCUT2D eigenvalue weighted by Crippen LogP contribution is 2.29. The van der Waals surface area contributed by atoms with Crippen molar-refractivity contribution in [2.45, 2.75) is 13.3 Å². The molecule has 0 saturated heterocycles. The Hall–Kier alpha value is -1.72. The van der Waals surface area contributed by atoms with Crippen LogP contribution in [0.1, 0.15) is 13.3 Å². The summed E-state index contributed by atoms with van der Waals surface area (Å²) < 4.78 is 4.47. The first kappa shape index (κ1) is 12.4. The zero-order valence-corrected chi connectivity index (χ0v) is 9.06. The number of carbonyl (C=O) groups is 4. The van der Waals surface area contributed by atoms with Crippen LogP contribution in [0.25, 0.3) is 0 Å². The molecule has 0 aromatic rings. The van der Waals surface area contributed by atoms with Crippen molar-refractivity contribution in [1.29, 1.82) is 0 Å². The lowest BCUT2D eigenvalue weighted by molar-refractivity contribution is -0.157. The fraction of sp³-hybridized carbons (Fsp3) is 0.600. The molecule has 1 aliphatic rings. The number of ether oxygens (including phenoxy) is 1. The summed E-state index contributed by atoms with van der Waals surface area (Å²) >= 11 is 0. The van der Waals surface area contributed by atoms with Crippen molar-refractivity contribution >= 4 is 23.4 Å². The van der Waals surface area contributed by atoms with Crippen LogP contribution >= 0.6 is 0 Å². The van der Waals surface area contributed by atoms with Gasteiger partial charge in [-0.15, -0.1) is 0 Å². The van der Waals surface area contributed by atoms with Crippen molar-refractivity contribution in [1.82, 2.24) is 0 Å². The van der Waals surface area contributed by atoms with Crippen LogP contribution in [0.4, 0.5) is 0 Å². The molecule has 1 rings (SSSR count). The molecule has 16 heavy (non-hydrogen) atoms. The maximum atomic E-state index is 11.8. The topological polar surface area (TPSA) is 104 Å². The SMILES string of the molecule is COC(=O)C1C(=O)C(C(N)=O)C(=O)CC1C. The van der Waals surface area contributed by atoms with Crippen molar-refractivity contribution in [3.05, 3.63) is 0 Å². The van der Waals surface area contributed by atoms with Crippen LogP contribution in [0.3, 0.4) is 0 Å². The summed E-state index contributed by atoms with van der Waals surface area (Å²) in [6.07, 6.45) is -0.0148. The summed E-state index contributed by atoms with van der Waals surface area (Å²) in [5.74, 6) is -6.02. The second kappa shape index (κ2) is 4.42. The second-order valence-electron chi connectivity index (χ2n) is 3.89. The molecule has 3 unspecified atom stereocenters. The van der Waals surface area contributed by atoms with Crippen LogP contribution in [0.15, 0.2) is 0 Å². The Morgan fingerprint density at radius 3 is 2.38 bits per heavy atom. The van der Waals surface area contributed by atoms with Crippen LogP contribution < -0.4 is 5.73 Å². The van der Waals surface area contributed by atoms with E-state index in [1.54, 1.807) is 6.92 Å². The average Bonchev–Trinajstić information content (AvgIpc) is 2.15. The molecule has 6 heteroatoms. The maximum Gasteiger partial charge on any atom is 0.316 e. The number of esters is 1. The largest absolute Gasteiger partial charge is 0.468 e. The molecule has 0 aromatic carbocycles. The third kappa shape index (κ3) is 1.95. The summed E-state index contributed by atoms with van der Waals surface area (Å²) in [6, 6.07) is 0. The van der Waals surface area contributed by atoms with Gasteiger partial charge in [0.05, 0.1) is 7.11 Å². The monoisotopic (exact) mass is 227 g/mol. The first-order valence-electron chi connectivity index (χ1n) is 4.83. The average molecular weight is 227 g/mol. The molecule has 0 aliphatic heterocycles. The molecule has 2 N–H and O–H groups in total. The Bertz CT molecular complexity index is 362. The smallest absolute Gasteiger partial charge is 0.316 e. The number of methoxy groups -OCH3 is 1. The van der Waals surface area contributed by atoms with Crippen LogP contribution in [0.5, 0.6) is 0 Å². The normalized spacial score (nSPS) is 30.0. The molecule has 1 amide bonds. The molecule has 0 bridgehead atoms. The molecule has 0 aromatic heterocycles. The first-order valence-corrected chi connectivity index (χ1v) is 4.83. The molecular weight excluding hydrogens is 214 g/mol. The van der Waals surface area contributed by atoms with E-state index in [0.29, 0.717) is 0 Å². The van der Waals surface area contributed by atoms with Gasteiger partial charge in [0.15, 0.2) is 17.5 Å². The van der Waals surface area contributed by atoms with Gasteiger partial charge in [0.25, 0.3) is 0 Å². The van der Waals surface area contributed by atoms with Gasteiger partial charge in [-0.1, -0.05) is 6.92 Å². The number of hydrogen-bond donors (Lipinski definition) is 1. The Morgan fingerprint density at radius 2 is 1.94 bits per heavy atom. The van der Waals surface area contributed by atoms with Gasteiger partial charge in [0.2, 0.25) is 5.91 Å². The second-order valence-corrected chi connectivity index (χ2v) is 3.89. The van der Waals surface area contributed by atoms with Crippen molar-refractivity contribution in [3.8, 4) is 0 Å². The predicted octanol–water partition coefficient (Wildman–Crippen LogP) is -0.945. The van der Waals surface area contributed by atoms with Gasteiger partial charge in [-0.25, -0.2) is 0 Å². The molecule has 1 fully saturated rings. The predicted molar refractivity (Wildman–Crippen MR) is 52.0 cm³/mol. The highest BCUT2D eigenvalue weighted by Gasteiger charge is 2.47. The summed E-state index contributed by atoms with van der Waals surface area (Å²) in [5, 5.41) is 0. The summed E-state index contributed by atoms with van der Waals surface area (Å²) in [7, 11) is 1.15. The molecular formula is C10H13NO5. The number of nitrogens with two attached hydrogens (primary N) is 1. The molecule has 1 saturated carbocycles. The minimum atomic E-state index is -1.50. The fourth-order valence-corrected chi connectivity index (χ4v) is 1.95. The van der Waals surface area contributed by atoms with E-state index >= 15 is 0 Å². The third-order valence-corrected chi connectivity index (χ3v) is 2.74. The molecule has 0 radical (unpaired) electrons. The Labute approximate surface area is 92.1 Å². The lowest BCUT2D eigenvalue weighted by Gasteiger charge is -2.28. The van der Waals surface area contributed by atoms with Gasteiger partial charge >= 0.3 is 5.97 Å². The number of primary amides is 1. The van der Waals surface area contributed by atoms with Crippen LogP contribution in [0, 0.1) is 17.8 Å². The van der Waals surface area contributed by atoms with E-state index in [4.69, 9.17) is 5.73 Å². The van der Waals surface area contributed by atoms with Gasteiger partial charge in [0, 0.05) is 6.42 Å². The van der Waals surface area contributed by atoms with Crippen LogP contribution in [-0.4, -0.2) is 30.6 Å². The van der Waals surface area contributed by atoms with Crippen molar-refractivity contribution in [2.24, 2.45) is 23.5 Å². The van der Waals surface area contributed by atoms with E-state index in [-0.39, 0.29) is 6.42 Å². The number of ketones is 2. The minimum absolute atomic E-state index is 0.0148. The summed E-state index contributed by atoms with van der Waals surface area (Å²) in [5.41, 5.74) is 4.96. The number of rotatable bonds is 2. The zero-order chi connectivity index (χ0) is 12.5. The summed E-state index contributed by atoms with van der Waals surface area (Å²) in [4.78, 5) is 45.5. The van der Waals surface area contributed by atoms with E-state index in [2.05, 4.69) is 4.74 Å². The van der Waals surface area contributed by atoms with Gasteiger partial charge in [-0.3, -0.25) is 19.2 Å². The van der Waals surface area contributed by atoms with E-state index in [1.165, 1.54) is 0 Å². The van der Waals surface area contributed by atoms with Gasteiger partial charge in [-0.2, -0.15) is 0 Å². The van der Waals surface area contributed by atoms with E-state index in [9.17, 15) is 19.2 Å². The molecule has 3 atom stereocenters. The van der Waals surface area contributed by atoms with E-state index in [0.717, 1.165) is 7.11 Å². The standard InChI is InChI=1S/C10H13NO5/c1-4-3-5(12)7(9(11)14)8(13)6(4)10(15)16-2/h4,6-7H,3H2,1-2H3,(H2,11,14). The maximum absolute atomic E-state index is 11.8. The zero-order valence-electron chi connectivity index (χ0n) is 9.06. The summed E-state index contributed by atoms with van der Waals surface area (Å²) in [6.45, 7) is 1.59. The Morgan fingerprint density at radius 1 is 1.38 bits per heavy atom. The van der Waals surface area contributed by atoms with E-state index in [1.807, 2.05) is 0 Å². The first-order chi connectivity index (χ1) is 7.40. The molecule has 6 nitrogen and oxygen atoms in total. The molecule has 88 valence electrons. The fourth-order valence-electron chi connectivity index (χ4n) is 1.95. The van der Waals surface area contributed by atoms with Crippen molar-refractivity contribution in [3.63, 3.8) is 0 Å². The Kier molecular flexibility index (Phi) is 3.41. The highest BCUT2D eigenvalue weighted by molar-refractivity contribution is 6.23. The third-order valence-electron chi connectivity index (χ3n) is 2.74. The van der Waals surface area contributed by atoms with Crippen LogP contribution in [0.2, 0.25) is 0 Å².